The molecule has 0 radical (unpaired) electrons. The number of rotatable bonds is 5. The predicted molar refractivity (Wildman–Crippen MR) is 48.6 cm³/mol. The largest absolute Gasteiger partial charge is 0.476 e. The first-order valence-corrected chi connectivity index (χ1v) is 4.06. The van der Waals surface area contributed by atoms with Gasteiger partial charge in [-0.1, -0.05) is 19.6 Å². The summed E-state index contributed by atoms with van der Waals surface area (Å²) in [6.45, 7) is 3.93. The Morgan fingerprint density at radius 2 is 2.00 bits per heavy atom. The Balaban J connectivity index is 0. The van der Waals surface area contributed by atoms with E-state index >= 15 is 0 Å². The van der Waals surface area contributed by atoms with Crippen molar-refractivity contribution in [3.8, 4) is 0 Å². The number of hydrogen-bond acceptors (Lipinski definition) is 3. The van der Waals surface area contributed by atoms with Crippen LogP contribution >= 0.6 is 24.8 Å². The molecule has 0 saturated carbocycles. The van der Waals surface area contributed by atoms with Gasteiger partial charge in [-0.2, -0.15) is 0 Å². The van der Waals surface area contributed by atoms with Crippen molar-refractivity contribution in [1.29, 1.82) is 0 Å². The molecule has 5 heteroatoms. The van der Waals surface area contributed by atoms with E-state index in [0.29, 0.717) is 13.2 Å². The summed E-state index contributed by atoms with van der Waals surface area (Å²) in [5.41, 5.74) is 0. The van der Waals surface area contributed by atoms with Crippen LogP contribution in [-0.2, 0) is 26.0 Å². The third kappa shape index (κ3) is 13.7. The Morgan fingerprint density at radius 3 is 2.45 bits per heavy atom. The Labute approximate surface area is 88.4 Å². The summed E-state index contributed by atoms with van der Waals surface area (Å²) in [7, 11) is 0. The molecule has 0 unspecified atom stereocenters. The molecular weight excluding hydrogens is 227 g/mol. The van der Waals surface area contributed by atoms with Gasteiger partial charge in [0.1, 0.15) is 6.61 Å². The first-order chi connectivity index (χ1) is 4.77. The fraction of sp³-hybridized carbons (Fsp3) is 0.833. The molecule has 0 amide bonds. The predicted octanol–water partition coefficient (Wildman–Crippen LogP) is 1.64. The van der Waals surface area contributed by atoms with E-state index in [0.717, 1.165) is 13.0 Å². The quantitative estimate of drug-likeness (QED) is 0.340. The van der Waals surface area contributed by atoms with Crippen molar-refractivity contribution in [2.75, 3.05) is 19.8 Å². The van der Waals surface area contributed by atoms with E-state index in [1.165, 1.54) is 0 Å². The second kappa shape index (κ2) is 10.7. The van der Waals surface area contributed by atoms with E-state index in [2.05, 4.69) is 31.8 Å². The number of thiocarbonyl (C=S) groups is 1. The maximum absolute atomic E-state index is 5.11. The molecule has 0 aromatic rings. The van der Waals surface area contributed by atoms with E-state index in [1.54, 1.807) is 0 Å². The minimum Gasteiger partial charge on any atom is -0.476 e. The molecule has 0 atom stereocenters. The van der Waals surface area contributed by atoms with Crippen LogP contribution in [0.1, 0.15) is 13.3 Å². The average molecular weight is 239 g/mol. The van der Waals surface area contributed by atoms with Crippen LogP contribution in [0, 0.1) is 0 Å². The second-order valence-corrected chi connectivity index (χ2v) is 2.81. The summed E-state index contributed by atoms with van der Waals surface area (Å²) in [6.07, 6.45) is 1.03. The van der Waals surface area contributed by atoms with Crippen molar-refractivity contribution >= 4 is 29.2 Å². The zero-order chi connectivity index (χ0) is 7.82. The van der Waals surface area contributed by atoms with Crippen molar-refractivity contribution < 1.29 is 26.0 Å². The van der Waals surface area contributed by atoms with Gasteiger partial charge in [0, 0.05) is 23.1 Å². The van der Waals surface area contributed by atoms with Gasteiger partial charge in [-0.05, 0) is 18.6 Å². The molecule has 2 nitrogen and oxygen atoms in total. The summed E-state index contributed by atoms with van der Waals surface area (Å²) in [5, 5.41) is 0. The van der Waals surface area contributed by atoms with Crippen molar-refractivity contribution in [1.82, 2.24) is 0 Å². The van der Waals surface area contributed by atoms with Gasteiger partial charge in [-0.3, -0.25) is 0 Å². The molecule has 0 spiro atoms. The standard InChI is InChI=1S/C6H12O2S2.Ni/c1-2-3-7-4-5-8-6(9)10;/h2-5H2,1H3,(H,9,10);. The van der Waals surface area contributed by atoms with E-state index in [9.17, 15) is 0 Å². The van der Waals surface area contributed by atoms with Gasteiger partial charge in [0.15, 0.2) is 0 Å². The first-order valence-electron chi connectivity index (χ1n) is 3.20. The molecule has 0 bridgehead atoms. The Morgan fingerprint density at radius 1 is 1.36 bits per heavy atom. The zero-order valence-electron chi connectivity index (χ0n) is 6.32. The minimum atomic E-state index is 0. The van der Waals surface area contributed by atoms with Gasteiger partial charge < -0.3 is 9.47 Å². The van der Waals surface area contributed by atoms with E-state index in [4.69, 9.17) is 9.47 Å². The van der Waals surface area contributed by atoms with Gasteiger partial charge in [-0.15, -0.1) is 0 Å². The molecule has 0 aliphatic carbocycles. The van der Waals surface area contributed by atoms with Crippen LogP contribution in [0.25, 0.3) is 0 Å². The summed E-state index contributed by atoms with van der Waals surface area (Å²) in [5.74, 6) is 0. The van der Waals surface area contributed by atoms with Crippen LogP contribution in [0.15, 0.2) is 0 Å². The molecule has 0 aliphatic heterocycles. The third-order valence-corrected chi connectivity index (χ3v) is 1.05. The summed E-state index contributed by atoms with van der Waals surface area (Å²) in [6, 6.07) is 0. The average Bonchev–Trinajstić information content (AvgIpc) is 1.87. The smallest absolute Gasteiger partial charge is 0.216 e. The molecule has 0 aromatic carbocycles. The molecular formula is C6H12NiO2S2. The molecule has 0 aromatic heterocycles. The maximum atomic E-state index is 5.11. The van der Waals surface area contributed by atoms with E-state index in [-0.39, 0.29) is 20.9 Å². The first kappa shape index (κ1) is 14.2. The van der Waals surface area contributed by atoms with Gasteiger partial charge in [0.25, 0.3) is 0 Å². The normalized spacial score (nSPS) is 8.55. The Kier molecular flexibility index (Phi) is 13.8. The van der Waals surface area contributed by atoms with E-state index in [1.807, 2.05) is 0 Å². The van der Waals surface area contributed by atoms with Gasteiger partial charge in [0.2, 0.25) is 4.38 Å². The third-order valence-electron chi connectivity index (χ3n) is 0.802. The van der Waals surface area contributed by atoms with Gasteiger partial charge in [0.05, 0.1) is 6.61 Å². The zero-order valence-corrected chi connectivity index (χ0v) is 9.02. The summed E-state index contributed by atoms with van der Waals surface area (Å²) >= 11 is 8.34. The van der Waals surface area contributed by atoms with Crippen molar-refractivity contribution in [2.45, 2.75) is 13.3 Å². The van der Waals surface area contributed by atoms with Crippen molar-refractivity contribution in [2.24, 2.45) is 0 Å². The number of thiol groups is 1. The molecule has 0 N–H and O–H groups in total. The van der Waals surface area contributed by atoms with Crippen molar-refractivity contribution in [3.63, 3.8) is 0 Å². The van der Waals surface area contributed by atoms with Crippen LogP contribution in [0.4, 0.5) is 0 Å². The van der Waals surface area contributed by atoms with Gasteiger partial charge >= 0.3 is 0 Å². The fourth-order valence-corrected chi connectivity index (χ4v) is 0.609. The monoisotopic (exact) mass is 238 g/mol. The van der Waals surface area contributed by atoms with Crippen LogP contribution in [-0.4, -0.2) is 24.2 Å². The molecule has 0 heterocycles. The maximum Gasteiger partial charge on any atom is 0.216 e. The molecule has 70 valence electrons. The van der Waals surface area contributed by atoms with E-state index < -0.39 is 0 Å². The second-order valence-electron chi connectivity index (χ2n) is 1.73. The van der Waals surface area contributed by atoms with Crippen LogP contribution in [0.2, 0.25) is 0 Å². The number of ether oxygens (including phenoxy) is 2. The van der Waals surface area contributed by atoms with Crippen LogP contribution in [0.5, 0.6) is 0 Å². The molecule has 11 heavy (non-hydrogen) atoms. The van der Waals surface area contributed by atoms with Crippen LogP contribution < -0.4 is 0 Å². The summed E-state index contributed by atoms with van der Waals surface area (Å²) in [4.78, 5) is 0. The fourth-order valence-electron chi connectivity index (χ4n) is 0.434. The molecule has 0 saturated heterocycles. The Bertz CT molecular complexity index is 101. The molecule has 0 fully saturated rings. The van der Waals surface area contributed by atoms with Gasteiger partial charge in [-0.25, -0.2) is 0 Å². The topological polar surface area (TPSA) is 18.5 Å². The minimum absolute atomic E-state index is 0. The summed E-state index contributed by atoms with van der Waals surface area (Å²) < 4.78 is 10.3. The molecule has 0 aliphatic rings. The Hall–Kier alpha value is 0.694. The molecule has 0 rings (SSSR count). The SMILES string of the molecule is CCCOCCOC(=S)S.[Ni]. The number of hydrogen-bond donors (Lipinski definition) is 1. The van der Waals surface area contributed by atoms with Crippen molar-refractivity contribution in [3.05, 3.63) is 0 Å². The van der Waals surface area contributed by atoms with Crippen LogP contribution in [0.3, 0.4) is 0 Å².